The normalized spacial score (nSPS) is 9.69. The second-order valence-electron chi connectivity index (χ2n) is 9.56. The molecule has 0 fully saturated rings. The molecule has 0 saturated carbocycles. The third-order valence-corrected chi connectivity index (χ3v) is 5.83. The van der Waals surface area contributed by atoms with Gasteiger partial charge in [0.1, 0.15) is 56.9 Å². The maximum absolute atomic E-state index is 12.6. The summed E-state index contributed by atoms with van der Waals surface area (Å²) in [6.45, 7) is 2.84. The van der Waals surface area contributed by atoms with E-state index in [-0.39, 0.29) is 57.9 Å². The smallest absolute Gasteiger partial charge is 0.237 e. The van der Waals surface area contributed by atoms with E-state index in [2.05, 4.69) is 29.9 Å². The van der Waals surface area contributed by atoms with E-state index in [1.807, 2.05) is 0 Å². The van der Waals surface area contributed by atoms with Crippen LogP contribution in [0.5, 0.6) is 29.0 Å². The molecule has 0 aliphatic rings. The number of rotatable bonds is 7. The predicted molar refractivity (Wildman–Crippen MR) is 178 cm³/mol. The lowest BCUT2D eigenvalue weighted by molar-refractivity contribution is 0.1000. The van der Waals surface area contributed by atoms with Crippen LogP contribution in [0.4, 0.5) is 13.2 Å². The van der Waals surface area contributed by atoms with Gasteiger partial charge in [-0.05, 0) is 72.8 Å². The van der Waals surface area contributed by atoms with Gasteiger partial charge in [0.2, 0.25) is 11.8 Å². The zero-order valence-corrected chi connectivity index (χ0v) is 27.4. The summed E-state index contributed by atoms with van der Waals surface area (Å²) in [6, 6.07) is 16.1. The Balaban J connectivity index is 0.000000191. The number of aromatic hydroxyl groups is 1. The van der Waals surface area contributed by atoms with Crippen molar-refractivity contribution in [2.75, 3.05) is 0 Å². The van der Waals surface area contributed by atoms with Crippen LogP contribution in [-0.4, -0.2) is 52.9 Å². The van der Waals surface area contributed by atoms with Crippen LogP contribution < -0.4 is 9.47 Å². The van der Waals surface area contributed by atoms with E-state index >= 15 is 0 Å². The first-order chi connectivity index (χ1) is 24.4. The van der Waals surface area contributed by atoms with Gasteiger partial charge in [-0.2, -0.15) is 0 Å². The summed E-state index contributed by atoms with van der Waals surface area (Å²) in [5, 5.41) is 8.89. The summed E-state index contributed by atoms with van der Waals surface area (Å²) in [6.07, 6.45) is 8.60. The molecule has 0 amide bonds. The predicted octanol–water partition coefficient (Wildman–Crippen LogP) is 7.70. The number of aldehydes is 1. The van der Waals surface area contributed by atoms with Crippen LogP contribution in [0.15, 0.2) is 110 Å². The molecule has 12 nitrogen and oxygen atoms in total. The van der Waals surface area contributed by atoms with Crippen LogP contribution in [0.2, 0.25) is 5.15 Å². The SMILES string of the molecule is CC(=O)c1cnc(Cl)cn1.CC(=O)c1cnc(Oc2ccc(F)cc2)cn1.O=Cc1cnc(Oc2ccc(F)cc2)cn1.Oc1ccc(F)cc1. The molecule has 260 valence electrons. The number of carbonyl (C=O) groups is 3. The first-order valence-electron chi connectivity index (χ1n) is 14.3. The van der Waals surface area contributed by atoms with Crippen molar-refractivity contribution in [1.82, 2.24) is 29.9 Å². The van der Waals surface area contributed by atoms with Gasteiger partial charge in [0, 0.05) is 13.8 Å². The van der Waals surface area contributed by atoms with Crippen LogP contribution in [0.3, 0.4) is 0 Å². The Kier molecular flexibility index (Phi) is 15.3. The van der Waals surface area contributed by atoms with Crippen molar-refractivity contribution in [3.63, 3.8) is 0 Å². The zero-order valence-electron chi connectivity index (χ0n) is 26.7. The fourth-order valence-corrected chi connectivity index (χ4v) is 3.27. The molecule has 6 aromatic rings. The summed E-state index contributed by atoms with van der Waals surface area (Å²) in [5.41, 5.74) is 0.840. The number of phenolic OH excluding ortho intramolecular Hbond substituents is 1. The molecule has 0 aliphatic heterocycles. The molecule has 0 saturated heterocycles. The van der Waals surface area contributed by atoms with Gasteiger partial charge in [-0.1, -0.05) is 11.6 Å². The van der Waals surface area contributed by atoms with Gasteiger partial charge in [-0.3, -0.25) is 14.4 Å². The molecular weight excluding hydrogens is 693 g/mol. The monoisotopic (exact) mass is 718 g/mol. The number of carbonyl (C=O) groups excluding carboxylic acids is 3. The van der Waals surface area contributed by atoms with E-state index in [4.69, 9.17) is 26.2 Å². The van der Waals surface area contributed by atoms with Crippen LogP contribution in [0, 0.1) is 17.5 Å². The minimum absolute atomic E-state index is 0.0893. The Hall–Kier alpha value is -6.61. The minimum Gasteiger partial charge on any atom is -0.508 e. The topological polar surface area (TPSA) is 167 Å². The van der Waals surface area contributed by atoms with Crippen LogP contribution in [0.1, 0.15) is 45.3 Å². The average molecular weight is 719 g/mol. The average Bonchev–Trinajstić information content (AvgIpc) is 3.13. The van der Waals surface area contributed by atoms with Gasteiger partial charge >= 0.3 is 0 Å². The quantitative estimate of drug-likeness (QED) is 0.126. The van der Waals surface area contributed by atoms with Crippen molar-refractivity contribution in [3.05, 3.63) is 150 Å². The number of ether oxygens (including phenoxy) is 2. The summed E-state index contributed by atoms with van der Waals surface area (Å²) >= 11 is 5.43. The number of benzene rings is 3. The summed E-state index contributed by atoms with van der Waals surface area (Å²) < 4.78 is 47.8. The molecule has 3 aromatic heterocycles. The standard InChI is InChI=1S/C12H9FN2O2.C11H7FN2O2.C6H5ClN2O.C6H5FO/c1-8(16)11-6-15-12(7-14-11)17-10-4-2-9(13)3-5-10;12-8-1-3-10(4-2-8)16-11-6-13-9(7-15)5-14-11;1-4(10)5-2-9-6(7)3-8-5;7-5-1-3-6(8)4-2-5/h2-7H,1H3;1-7H;2-3H,1H3;1-4,8H. The van der Waals surface area contributed by atoms with E-state index < -0.39 is 0 Å². The van der Waals surface area contributed by atoms with E-state index in [0.717, 1.165) is 0 Å². The van der Waals surface area contributed by atoms with Crippen molar-refractivity contribution in [3.8, 4) is 29.0 Å². The molecule has 0 bridgehead atoms. The van der Waals surface area contributed by atoms with E-state index in [1.165, 1.54) is 124 Å². The lowest BCUT2D eigenvalue weighted by atomic mass is 10.3. The van der Waals surface area contributed by atoms with E-state index in [1.54, 1.807) is 0 Å². The summed E-state index contributed by atoms with van der Waals surface area (Å²) in [7, 11) is 0. The molecule has 1 N–H and O–H groups in total. The Morgan fingerprint density at radius 2 is 1.00 bits per heavy atom. The second-order valence-corrected chi connectivity index (χ2v) is 9.95. The number of ketones is 2. The number of aromatic nitrogens is 6. The Morgan fingerprint density at radius 1 is 0.588 bits per heavy atom. The van der Waals surface area contributed by atoms with Gasteiger partial charge < -0.3 is 14.6 Å². The Morgan fingerprint density at radius 3 is 1.33 bits per heavy atom. The van der Waals surface area contributed by atoms with Gasteiger partial charge in [0.25, 0.3) is 0 Å². The molecule has 6 rings (SSSR count). The maximum atomic E-state index is 12.6. The molecule has 3 heterocycles. The first kappa shape index (κ1) is 38.8. The van der Waals surface area contributed by atoms with Gasteiger partial charge in [0.05, 0.1) is 37.2 Å². The molecule has 3 aromatic carbocycles. The van der Waals surface area contributed by atoms with E-state index in [9.17, 15) is 27.6 Å². The van der Waals surface area contributed by atoms with E-state index in [0.29, 0.717) is 28.6 Å². The Bertz CT molecular complexity index is 1970. The highest BCUT2D eigenvalue weighted by Gasteiger charge is 2.04. The highest BCUT2D eigenvalue weighted by molar-refractivity contribution is 6.29. The fourth-order valence-electron chi connectivity index (χ4n) is 3.17. The van der Waals surface area contributed by atoms with Crippen molar-refractivity contribution in [2.24, 2.45) is 0 Å². The largest absolute Gasteiger partial charge is 0.508 e. The van der Waals surface area contributed by atoms with Gasteiger partial charge in [0.15, 0.2) is 17.9 Å². The second kappa shape index (κ2) is 20.0. The molecule has 0 atom stereocenters. The summed E-state index contributed by atoms with van der Waals surface area (Å²) in [4.78, 5) is 54.8. The highest BCUT2D eigenvalue weighted by Crippen LogP contribution is 2.19. The lowest BCUT2D eigenvalue weighted by Gasteiger charge is -2.03. The minimum atomic E-state index is -0.338. The molecule has 0 radical (unpaired) electrons. The summed E-state index contributed by atoms with van der Waals surface area (Å²) in [5.74, 6) is 0.221. The van der Waals surface area contributed by atoms with Crippen molar-refractivity contribution in [1.29, 1.82) is 0 Å². The zero-order chi connectivity index (χ0) is 37.2. The van der Waals surface area contributed by atoms with Crippen molar-refractivity contribution >= 4 is 29.5 Å². The maximum Gasteiger partial charge on any atom is 0.237 e. The number of hydrogen-bond acceptors (Lipinski definition) is 12. The van der Waals surface area contributed by atoms with Crippen LogP contribution >= 0.6 is 11.6 Å². The highest BCUT2D eigenvalue weighted by atomic mass is 35.5. The van der Waals surface area contributed by atoms with Gasteiger partial charge in [-0.25, -0.2) is 43.1 Å². The van der Waals surface area contributed by atoms with Gasteiger partial charge in [-0.15, -0.1) is 0 Å². The van der Waals surface area contributed by atoms with Crippen molar-refractivity contribution < 1.29 is 42.1 Å². The third kappa shape index (κ3) is 14.6. The fraction of sp³-hybridized carbons (Fsp3) is 0.0571. The molecule has 0 unspecified atom stereocenters. The Labute approximate surface area is 293 Å². The molecule has 51 heavy (non-hydrogen) atoms. The van der Waals surface area contributed by atoms with Crippen LogP contribution in [0.25, 0.3) is 0 Å². The molecule has 0 spiro atoms. The van der Waals surface area contributed by atoms with Crippen LogP contribution in [-0.2, 0) is 0 Å². The number of nitrogens with zero attached hydrogens (tertiary/aromatic N) is 6. The first-order valence-corrected chi connectivity index (χ1v) is 14.7. The number of Topliss-reactive ketones (excluding diaryl/α,β-unsaturated/α-hetero) is 2. The lowest BCUT2D eigenvalue weighted by Crippen LogP contribution is -1.98. The third-order valence-electron chi connectivity index (χ3n) is 5.64. The number of hydrogen-bond donors (Lipinski definition) is 1. The molecular formula is C35H26ClF3N6O6. The molecule has 16 heteroatoms. The number of halogens is 4. The van der Waals surface area contributed by atoms with Crippen molar-refractivity contribution in [2.45, 2.75) is 13.8 Å². The number of phenols is 1. The molecule has 0 aliphatic carbocycles.